The number of anilines is 2. The van der Waals surface area contributed by atoms with Crippen molar-refractivity contribution in [3.8, 4) is 11.5 Å². The fourth-order valence-corrected chi connectivity index (χ4v) is 3.50. The summed E-state index contributed by atoms with van der Waals surface area (Å²) in [4.78, 5) is 34.8. The van der Waals surface area contributed by atoms with Crippen LogP contribution in [0.2, 0.25) is 0 Å². The van der Waals surface area contributed by atoms with E-state index >= 15 is 0 Å². The number of hydrogen-bond acceptors (Lipinski definition) is 8. The summed E-state index contributed by atoms with van der Waals surface area (Å²) in [6.45, 7) is 4.71. The first kappa shape index (κ1) is 20.5. The Morgan fingerprint density at radius 3 is 2.61 bits per heavy atom. The van der Waals surface area contributed by atoms with E-state index in [1.165, 1.54) is 0 Å². The Balaban J connectivity index is 1.75. The van der Waals surface area contributed by atoms with Gasteiger partial charge in [0, 0.05) is 30.0 Å². The average Bonchev–Trinajstić information content (AvgIpc) is 2.70. The number of benzene rings is 2. The van der Waals surface area contributed by atoms with E-state index in [1.54, 1.807) is 22.8 Å². The molecule has 0 aromatic heterocycles. The van der Waals surface area contributed by atoms with Gasteiger partial charge in [0.15, 0.2) is 17.8 Å². The highest BCUT2D eigenvalue weighted by molar-refractivity contribution is 5.81. The number of aromatic amines is 1. The Labute approximate surface area is 176 Å². The van der Waals surface area contributed by atoms with Crippen LogP contribution in [0, 0.1) is 13.8 Å². The van der Waals surface area contributed by atoms with E-state index < -0.39 is 17.5 Å². The van der Waals surface area contributed by atoms with Crippen LogP contribution in [-0.2, 0) is 6.54 Å². The summed E-state index contributed by atoms with van der Waals surface area (Å²) < 4.78 is 1.78. The molecule has 4 rings (SSSR count). The van der Waals surface area contributed by atoms with Gasteiger partial charge in [0.2, 0.25) is 0 Å². The molecule has 0 saturated carbocycles. The smallest absolute Gasteiger partial charge is 0.349 e. The lowest BCUT2D eigenvalue weighted by Gasteiger charge is -2.18. The number of rotatable bonds is 5. The molecular formula is C21H22N6O4. The lowest BCUT2D eigenvalue weighted by Crippen LogP contribution is -2.29. The van der Waals surface area contributed by atoms with Gasteiger partial charge in [0.1, 0.15) is 0 Å². The number of aryl methyl sites for hydroxylation is 2. The predicted molar refractivity (Wildman–Crippen MR) is 117 cm³/mol. The monoisotopic (exact) mass is 422 g/mol. The first-order valence-corrected chi connectivity index (χ1v) is 9.66. The van der Waals surface area contributed by atoms with E-state index in [1.807, 2.05) is 26.0 Å². The number of nitrogens with one attached hydrogen (secondary N) is 2. The van der Waals surface area contributed by atoms with Crippen LogP contribution in [0.1, 0.15) is 23.0 Å². The first-order chi connectivity index (χ1) is 14.7. The van der Waals surface area contributed by atoms with Gasteiger partial charge in [-0.05, 0) is 55.3 Å². The van der Waals surface area contributed by atoms with Crippen LogP contribution in [0.4, 0.5) is 11.4 Å². The van der Waals surface area contributed by atoms with Gasteiger partial charge in [-0.3, -0.25) is 9.78 Å². The molecule has 2 heterocycles. The van der Waals surface area contributed by atoms with Crippen LogP contribution >= 0.6 is 0 Å². The van der Waals surface area contributed by atoms with Crippen LogP contribution in [0.15, 0.2) is 39.9 Å². The van der Waals surface area contributed by atoms with E-state index in [2.05, 4.69) is 20.3 Å². The number of hydrogen-bond donors (Lipinski definition) is 5. The average molecular weight is 422 g/mol. The van der Waals surface area contributed by atoms with Crippen LogP contribution in [0.25, 0.3) is 22.6 Å². The zero-order valence-electron chi connectivity index (χ0n) is 17.0. The van der Waals surface area contributed by atoms with E-state index in [0.717, 1.165) is 16.6 Å². The second-order valence-electron chi connectivity index (χ2n) is 7.38. The maximum atomic E-state index is 12.3. The van der Waals surface area contributed by atoms with Crippen molar-refractivity contribution in [3.63, 3.8) is 0 Å². The lowest BCUT2D eigenvalue weighted by atomic mass is 10.1. The topological polar surface area (TPSA) is 159 Å². The van der Waals surface area contributed by atoms with E-state index in [9.17, 15) is 19.8 Å². The van der Waals surface area contributed by atoms with Gasteiger partial charge < -0.3 is 25.8 Å². The van der Waals surface area contributed by atoms with Crippen molar-refractivity contribution >= 4 is 22.4 Å². The van der Waals surface area contributed by atoms with Crippen molar-refractivity contribution < 1.29 is 10.2 Å². The van der Waals surface area contributed by atoms with Gasteiger partial charge in [-0.1, -0.05) is 0 Å². The van der Waals surface area contributed by atoms with Gasteiger partial charge in [-0.2, -0.15) is 4.98 Å². The molecule has 0 bridgehead atoms. The molecule has 2 aromatic rings. The number of nitrogens with zero attached hydrogens (tertiary/aromatic N) is 3. The second-order valence-corrected chi connectivity index (χ2v) is 7.38. The third-order valence-electron chi connectivity index (χ3n) is 5.25. The summed E-state index contributed by atoms with van der Waals surface area (Å²) in [5.41, 5.74) is 9.10. The van der Waals surface area contributed by atoms with Crippen molar-refractivity contribution in [1.82, 2.24) is 19.5 Å². The molecule has 10 nitrogen and oxygen atoms in total. The van der Waals surface area contributed by atoms with Crippen LogP contribution < -0.4 is 22.3 Å². The summed E-state index contributed by atoms with van der Waals surface area (Å²) in [5, 5.41) is 22.1. The fraction of sp³-hybridized carbons (Fsp3) is 0.238. The van der Waals surface area contributed by atoms with Gasteiger partial charge in [-0.25, -0.2) is 9.78 Å². The van der Waals surface area contributed by atoms with Crippen molar-refractivity contribution in [1.29, 1.82) is 0 Å². The molecule has 0 radical (unpaired) electrons. The Morgan fingerprint density at radius 1 is 1.13 bits per heavy atom. The van der Waals surface area contributed by atoms with Gasteiger partial charge in [0.05, 0.1) is 11.0 Å². The van der Waals surface area contributed by atoms with Gasteiger partial charge in [-0.15, -0.1) is 0 Å². The number of H-pyrrole nitrogens is 1. The summed E-state index contributed by atoms with van der Waals surface area (Å²) in [5.74, 6) is 0.204. The third kappa shape index (κ3) is 3.86. The number of nitrogen functional groups attached to an aromatic ring is 1. The minimum Gasteiger partial charge on any atom is -0.398 e. The second kappa shape index (κ2) is 7.82. The fourth-order valence-electron chi connectivity index (χ4n) is 3.50. The molecule has 2 aromatic carbocycles. The third-order valence-corrected chi connectivity index (χ3v) is 5.25. The van der Waals surface area contributed by atoms with E-state index in [-0.39, 0.29) is 22.8 Å². The minimum atomic E-state index is -1.68. The van der Waals surface area contributed by atoms with Crippen LogP contribution in [0.5, 0.6) is 0 Å². The molecule has 2 aliphatic rings. The van der Waals surface area contributed by atoms with Crippen molar-refractivity contribution in [3.05, 3.63) is 67.9 Å². The molecule has 0 fully saturated rings. The first-order valence-electron chi connectivity index (χ1n) is 9.66. The molecule has 10 heteroatoms. The molecule has 0 amide bonds. The molecule has 0 saturated heterocycles. The zero-order valence-corrected chi connectivity index (χ0v) is 17.0. The summed E-state index contributed by atoms with van der Waals surface area (Å²) >= 11 is 0. The lowest BCUT2D eigenvalue weighted by molar-refractivity contribution is -0.0418. The highest BCUT2D eigenvalue weighted by Crippen LogP contribution is 2.25. The molecule has 31 heavy (non-hydrogen) atoms. The molecule has 0 aliphatic carbocycles. The molecule has 0 unspecified atom stereocenters. The number of aliphatic hydroxyl groups excluding tert-OH is 1. The molecule has 0 spiro atoms. The van der Waals surface area contributed by atoms with Gasteiger partial charge >= 0.3 is 5.69 Å². The predicted octanol–water partition coefficient (Wildman–Crippen LogP) is 0.879. The highest BCUT2D eigenvalue weighted by atomic mass is 16.5. The van der Waals surface area contributed by atoms with E-state index in [4.69, 9.17) is 5.73 Å². The normalized spacial score (nSPS) is 11.5. The van der Waals surface area contributed by atoms with Crippen LogP contribution in [-0.4, -0.2) is 36.3 Å². The summed E-state index contributed by atoms with van der Waals surface area (Å²) in [6.07, 6.45) is -1.68. The van der Waals surface area contributed by atoms with Crippen molar-refractivity contribution in [2.24, 2.45) is 0 Å². The number of aliphatic hydroxyl groups is 2. The number of nitrogens with two attached hydrogens (primary N) is 1. The molecule has 160 valence electrons. The molecule has 2 aliphatic heterocycles. The SMILES string of the molecule is Cc1cc2nc3c(=O)[nH]c(=O)nc-3n(CCNc3ccc(N)c(C(O)O)c3)c2cc1C. The summed E-state index contributed by atoms with van der Waals surface area (Å²) in [7, 11) is 0. The van der Waals surface area contributed by atoms with E-state index in [0.29, 0.717) is 24.3 Å². The standard InChI is InChI=1S/C21H22N6O4/c1-10-7-15-16(8-11(10)2)27(18-17(24-15)19(28)26-21(31)25-18)6-5-23-12-3-4-14(22)13(9-12)20(29)30/h3-4,7-9,20,23,29-30H,5-6,22H2,1-2H3,(H,26,28,31). The Hall–Kier alpha value is -3.76. The summed E-state index contributed by atoms with van der Waals surface area (Å²) in [6, 6.07) is 8.71. The maximum absolute atomic E-state index is 12.3. The maximum Gasteiger partial charge on any atom is 0.349 e. The Bertz CT molecular complexity index is 1380. The van der Waals surface area contributed by atoms with Crippen molar-refractivity contribution in [2.45, 2.75) is 26.7 Å². The quantitative estimate of drug-likeness (QED) is 0.180. The molecule has 6 N–H and O–H groups in total. The number of aromatic nitrogens is 4. The molecule has 0 atom stereocenters. The number of fused-ring (bicyclic) bond motifs is 2. The van der Waals surface area contributed by atoms with Gasteiger partial charge in [0.25, 0.3) is 5.56 Å². The van der Waals surface area contributed by atoms with Crippen LogP contribution in [0.3, 0.4) is 0 Å². The Kier molecular flexibility index (Phi) is 5.17. The minimum absolute atomic E-state index is 0.0912. The zero-order chi connectivity index (χ0) is 22.3. The Morgan fingerprint density at radius 2 is 1.87 bits per heavy atom. The van der Waals surface area contributed by atoms with Crippen molar-refractivity contribution in [2.75, 3.05) is 17.6 Å². The molecular weight excluding hydrogens is 400 g/mol. The largest absolute Gasteiger partial charge is 0.398 e. The highest BCUT2D eigenvalue weighted by Gasteiger charge is 2.19.